The Morgan fingerprint density at radius 3 is 2.81 bits per heavy atom. The first kappa shape index (κ1) is 15.1. The van der Waals surface area contributed by atoms with E-state index in [1.165, 1.54) is 0 Å². The fourth-order valence-corrected chi connectivity index (χ4v) is 2.17. The average molecular weight is 289 g/mol. The molecule has 0 aliphatic carbocycles. The standard InChI is InChI=1S/C16H19NO4/c1-3-20-9-8-12(18)10(2)14-15(17)11-6-4-5-7-13(11)21-16(14)19/h4-7,18H,3,8-9,17H2,1-2H3/b12-10-. The predicted molar refractivity (Wildman–Crippen MR) is 83.2 cm³/mol. The number of allylic oxidation sites excluding steroid dienone is 1. The van der Waals surface area contributed by atoms with Crippen LogP contribution in [-0.2, 0) is 4.74 Å². The molecule has 0 atom stereocenters. The third-order valence-electron chi connectivity index (χ3n) is 3.35. The lowest BCUT2D eigenvalue weighted by atomic mass is 10.0. The van der Waals surface area contributed by atoms with Gasteiger partial charge in [-0.1, -0.05) is 12.1 Å². The Kier molecular flexibility index (Phi) is 4.65. The van der Waals surface area contributed by atoms with Crippen molar-refractivity contribution in [1.29, 1.82) is 0 Å². The summed E-state index contributed by atoms with van der Waals surface area (Å²) in [5.74, 6) is 0.0812. The van der Waals surface area contributed by atoms with Crippen LogP contribution in [0.5, 0.6) is 0 Å². The van der Waals surface area contributed by atoms with Crippen LogP contribution in [0.1, 0.15) is 25.8 Å². The first-order chi connectivity index (χ1) is 10.1. The number of nitrogens with two attached hydrogens (primary N) is 1. The number of anilines is 1. The fourth-order valence-electron chi connectivity index (χ4n) is 2.17. The highest BCUT2D eigenvalue weighted by atomic mass is 16.5. The van der Waals surface area contributed by atoms with Crippen molar-refractivity contribution in [2.75, 3.05) is 18.9 Å². The minimum absolute atomic E-state index is 0.0812. The zero-order chi connectivity index (χ0) is 15.4. The smallest absolute Gasteiger partial charge is 0.346 e. The van der Waals surface area contributed by atoms with E-state index < -0.39 is 5.63 Å². The number of aliphatic hydroxyl groups is 1. The summed E-state index contributed by atoms with van der Waals surface area (Å²) < 4.78 is 10.5. The number of ether oxygens (including phenoxy) is 1. The quantitative estimate of drug-likeness (QED) is 0.502. The van der Waals surface area contributed by atoms with E-state index in [9.17, 15) is 9.90 Å². The van der Waals surface area contributed by atoms with E-state index in [0.717, 1.165) is 0 Å². The van der Waals surface area contributed by atoms with Gasteiger partial charge in [0, 0.05) is 24.0 Å². The van der Waals surface area contributed by atoms with Crippen molar-refractivity contribution in [2.24, 2.45) is 0 Å². The molecule has 0 fully saturated rings. The van der Waals surface area contributed by atoms with Crippen molar-refractivity contribution in [3.63, 3.8) is 0 Å². The summed E-state index contributed by atoms with van der Waals surface area (Å²) in [4.78, 5) is 12.1. The van der Waals surface area contributed by atoms with Gasteiger partial charge in [-0.05, 0) is 26.0 Å². The highest BCUT2D eigenvalue weighted by molar-refractivity contribution is 5.94. The van der Waals surface area contributed by atoms with Gasteiger partial charge in [0.05, 0.1) is 23.6 Å². The summed E-state index contributed by atoms with van der Waals surface area (Å²) in [6, 6.07) is 7.05. The lowest BCUT2D eigenvalue weighted by molar-refractivity contribution is 0.142. The van der Waals surface area contributed by atoms with E-state index in [1.54, 1.807) is 25.1 Å². The largest absolute Gasteiger partial charge is 0.512 e. The van der Waals surface area contributed by atoms with Crippen LogP contribution in [0.4, 0.5) is 5.69 Å². The minimum Gasteiger partial charge on any atom is -0.512 e. The van der Waals surface area contributed by atoms with Crippen molar-refractivity contribution < 1.29 is 14.3 Å². The van der Waals surface area contributed by atoms with Gasteiger partial charge in [0.1, 0.15) is 5.58 Å². The molecule has 0 radical (unpaired) electrons. The predicted octanol–water partition coefficient (Wildman–Crippen LogP) is 3.09. The first-order valence-corrected chi connectivity index (χ1v) is 6.84. The Bertz CT molecular complexity index is 731. The molecule has 112 valence electrons. The number of hydrogen-bond acceptors (Lipinski definition) is 5. The Labute approximate surface area is 122 Å². The second-order valence-electron chi connectivity index (χ2n) is 4.69. The van der Waals surface area contributed by atoms with Crippen molar-refractivity contribution in [1.82, 2.24) is 0 Å². The molecule has 1 aromatic heterocycles. The molecule has 0 aliphatic rings. The number of nitrogen functional groups attached to an aromatic ring is 1. The molecule has 2 rings (SSSR count). The van der Waals surface area contributed by atoms with Gasteiger partial charge in [-0.2, -0.15) is 0 Å². The average Bonchev–Trinajstić information content (AvgIpc) is 2.47. The highest BCUT2D eigenvalue weighted by Gasteiger charge is 2.16. The maximum absolute atomic E-state index is 12.1. The molecular formula is C16H19NO4. The summed E-state index contributed by atoms with van der Waals surface area (Å²) in [6.45, 7) is 4.49. The molecule has 0 spiro atoms. The molecular weight excluding hydrogens is 270 g/mol. The van der Waals surface area contributed by atoms with Gasteiger partial charge in [-0.3, -0.25) is 0 Å². The fraction of sp³-hybridized carbons (Fsp3) is 0.312. The van der Waals surface area contributed by atoms with Gasteiger partial charge >= 0.3 is 5.63 Å². The molecule has 0 unspecified atom stereocenters. The van der Waals surface area contributed by atoms with E-state index in [-0.39, 0.29) is 11.3 Å². The second-order valence-corrected chi connectivity index (χ2v) is 4.69. The molecule has 0 amide bonds. The van der Waals surface area contributed by atoms with E-state index in [0.29, 0.717) is 41.9 Å². The van der Waals surface area contributed by atoms with Crippen LogP contribution in [0, 0.1) is 0 Å². The second kappa shape index (κ2) is 6.45. The number of rotatable bonds is 5. The van der Waals surface area contributed by atoms with Crippen molar-refractivity contribution in [2.45, 2.75) is 20.3 Å². The molecule has 1 heterocycles. The van der Waals surface area contributed by atoms with Gasteiger partial charge in [0.15, 0.2) is 0 Å². The van der Waals surface area contributed by atoms with Crippen LogP contribution >= 0.6 is 0 Å². The maximum atomic E-state index is 12.1. The summed E-state index contributed by atoms with van der Waals surface area (Å²) in [5.41, 5.74) is 6.92. The van der Waals surface area contributed by atoms with E-state index in [1.807, 2.05) is 13.0 Å². The van der Waals surface area contributed by atoms with Gasteiger partial charge in [-0.25, -0.2) is 4.79 Å². The minimum atomic E-state index is -0.549. The van der Waals surface area contributed by atoms with Crippen LogP contribution in [0.2, 0.25) is 0 Å². The van der Waals surface area contributed by atoms with Crippen LogP contribution in [0.25, 0.3) is 16.5 Å². The Hall–Kier alpha value is -2.27. The van der Waals surface area contributed by atoms with Crippen molar-refractivity contribution in [3.8, 4) is 0 Å². The number of benzene rings is 1. The zero-order valence-corrected chi connectivity index (χ0v) is 12.2. The molecule has 0 saturated carbocycles. The topological polar surface area (TPSA) is 85.7 Å². The van der Waals surface area contributed by atoms with Crippen molar-refractivity contribution >= 4 is 22.2 Å². The highest BCUT2D eigenvalue weighted by Crippen LogP contribution is 2.28. The third kappa shape index (κ3) is 3.08. The van der Waals surface area contributed by atoms with Crippen LogP contribution in [0.3, 0.4) is 0 Å². The summed E-state index contributed by atoms with van der Waals surface area (Å²) in [7, 11) is 0. The number of aliphatic hydroxyl groups excluding tert-OH is 1. The lowest BCUT2D eigenvalue weighted by Crippen LogP contribution is -2.11. The first-order valence-electron chi connectivity index (χ1n) is 6.84. The molecule has 0 bridgehead atoms. The molecule has 2 aromatic rings. The Morgan fingerprint density at radius 1 is 1.38 bits per heavy atom. The SMILES string of the molecule is CCOCC/C(O)=C(\C)c1c(N)c2ccccc2oc1=O. The molecule has 5 nitrogen and oxygen atoms in total. The Balaban J connectivity index is 2.50. The van der Waals surface area contributed by atoms with Crippen LogP contribution in [-0.4, -0.2) is 18.3 Å². The number of para-hydroxylation sites is 1. The van der Waals surface area contributed by atoms with Crippen molar-refractivity contribution in [3.05, 3.63) is 46.0 Å². The number of hydrogen-bond donors (Lipinski definition) is 2. The number of fused-ring (bicyclic) bond motifs is 1. The monoisotopic (exact) mass is 289 g/mol. The van der Waals surface area contributed by atoms with Gasteiger partial charge in [-0.15, -0.1) is 0 Å². The summed E-state index contributed by atoms with van der Waals surface area (Å²) in [5, 5.41) is 10.7. The van der Waals surface area contributed by atoms with Gasteiger partial charge in [0.2, 0.25) is 0 Å². The summed E-state index contributed by atoms with van der Waals surface area (Å²) >= 11 is 0. The maximum Gasteiger partial charge on any atom is 0.346 e. The van der Waals surface area contributed by atoms with Crippen LogP contribution in [0.15, 0.2) is 39.2 Å². The molecule has 0 aliphatic heterocycles. The van der Waals surface area contributed by atoms with E-state index >= 15 is 0 Å². The van der Waals surface area contributed by atoms with Gasteiger partial charge < -0.3 is 20.0 Å². The van der Waals surface area contributed by atoms with Crippen LogP contribution < -0.4 is 11.4 Å². The molecule has 21 heavy (non-hydrogen) atoms. The molecule has 5 heteroatoms. The third-order valence-corrected chi connectivity index (χ3v) is 3.35. The summed E-state index contributed by atoms with van der Waals surface area (Å²) in [6.07, 6.45) is 0.325. The Morgan fingerprint density at radius 2 is 2.10 bits per heavy atom. The zero-order valence-electron chi connectivity index (χ0n) is 12.2. The lowest BCUT2D eigenvalue weighted by Gasteiger charge is -2.10. The molecule has 0 saturated heterocycles. The van der Waals surface area contributed by atoms with E-state index in [2.05, 4.69) is 0 Å². The van der Waals surface area contributed by atoms with E-state index in [4.69, 9.17) is 14.9 Å². The normalized spacial score (nSPS) is 12.5. The molecule has 3 N–H and O–H groups in total. The molecule has 1 aromatic carbocycles. The van der Waals surface area contributed by atoms with Gasteiger partial charge in [0.25, 0.3) is 0 Å².